The van der Waals surface area contributed by atoms with Crippen molar-refractivity contribution in [2.75, 3.05) is 41.3 Å². The summed E-state index contributed by atoms with van der Waals surface area (Å²) in [5.41, 5.74) is 2.98. The molecule has 0 atom stereocenters. The van der Waals surface area contributed by atoms with E-state index in [1.54, 1.807) is 9.80 Å². The molecular formula is C22H46N4O. The van der Waals surface area contributed by atoms with Crippen molar-refractivity contribution in [2.45, 2.75) is 60.8 Å². The number of hydrogen-bond donors (Lipinski definition) is 2. The Labute approximate surface area is 169 Å². The molecule has 5 nitrogen and oxygen atoms in total. The van der Waals surface area contributed by atoms with Crippen molar-refractivity contribution in [3.8, 4) is 0 Å². The molecule has 0 bridgehead atoms. The maximum atomic E-state index is 12.1. The van der Waals surface area contributed by atoms with Crippen molar-refractivity contribution in [3.05, 3.63) is 35.7 Å². The van der Waals surface area contributed by atoms with Crippen molar-refractivity contribution in [1.29, 1.82) is 0 Å². The van der Waals surface area contributed by atoms with E-state index in [1.165, 1.54) is 19.3 Å². The Morgan fingerprint density at radius 3 is 2.07 bits per heavy atom. The minimum absolute atomic E-state index is 0. The van der Waals surface area contributed by atoms with E-state index in [0.717, 1.165) is 36.5 Å². The monoisotopic (exact) mass is 382 g/mol. The standard InChI is InChI=1S/C14H24N2O.C5H11N.C2H7N.CH4/c1-6-7-8-9-10-16-13(4)11(2)12(3)15(5)14(16)17;1-3-4-5-6-2;1-3-2;/h4,6-10H2,1-3,5H3;3-4,6H,5H2,1-2H3;3H,1-2H3;1H4/b;4-3+;;. The van der Waals surface area contributed by atoms with E-state index in [4.69, 9.17) is 0 Å². The van der Waals surface area contributed by atoms with Crippen LogP contribution >= 0.6 is 0 Å². The molecule has 1 rings (SSSR count). The number of nitrogens with one attached hydrogen (secondary N) is 2. The minimum Gasteiger partial charge on any atom is -0.323 e. The molecule has 27 heavy (non-hydrogen) atoms. The van der Waals surface area contributed by atoms with E-state index in [1.807, 2.05) is 55.0 Å². The average Bonchev–Trinajstić information content (AvgIpc) is 2.63. The van der Waals surface area contributed by atoms with Crippen LogP contribution in [0.25, 0.3) is 0 Å². The molecule has 0 aromatic rings. The van der Waals surface area contributed by atoms with Gasteiger partial charge in [0.1, 0.15) is 0 Å². The van der Waals surface area contributed by atoms with E-state index in [-0.39, 0.29) is 13.5 Å². The third-order valence-electron chi connectivity index (χ3n) is 4.12. The molecule has 0 aliphatic carbocycles. The Kier molecular flexibility index (Phi) is 21.4. The summed E-state index contributed by atoms with van der Waals surface area (Å²) in [5.74, 6) is 0. The fraction of sp³-hybridized carbons (Fsp3) is 0.682. The first-order valence-corrected chi connectivity index (χ1v) is 9.60. The highest BCUT2D eigenvalue weighted by molar-refractivity contribution is 5.81. The molecule has 0 saturated heterocycles. The van der Waals surface area contributed by atoms with Gasteiger partial charge in [-0.1, -0.05) is 52.3 Å². The summed E-state index contributed by atoms with van der Waals surface area (Å²) >= 11 is 0. The molecule has 0 unspecified atom stereocenters. The maximum absolute atomic E-state index is 12.1. The Morgan fingerprint density at radius 2 is 1.67 bits per heavy atom. The van der Waals surface area contributed by atoms with Crippen molar-refractivity contribution < 1.29 is 4.79 Å². The van der Waals surface area contributed by atoms with Gasteiger partial charge in [0.2, 0.25) is 0 Å². The fourth-order valence-corrected chi connectivity index (χ4v) is 2.27. The Bertz CT molecular complexity index is 455. The van der Waals surface area contributed by atoms with Gasteiger partial charge in [0.15, 0.2) is 0 Å². The lowest BCUT2D eigenvalue weighted by atomic mass is 10.1. The Balaban J connectivity index is -0.000000485. The van der Waals surface area contributed by atoms with Gasteiger partial charge in [0.25, 0.3) is 0 Å². The SMILES string of the molecule is C.C/C=C/CNC.C=C1C(C)=C(C)N(C)C(=O)N1CCCCCC.CNC. The third kappa shape index (κ3) is 12.4. The van der Waals surface area contributed by atoms with Crippen molar-refractivity contribution in [2.24, 2.45) is 0 Å². The largest absolute Gasteiger partial charge is 0.328 e. The van der Waals surface area contributed by atoms with Crippen LogP contribution in [0.4, 0.5) is 4.79 Å². The molecule has 160 valence electrons. The smallest absolute Gasteiger partial charge is 0.323 e. The zero-order valence-electron chi connectivity index (χ0n) is 18.4. The van der Waals surface area contributed by atoms with Gasteiger partial charge in [-0.3, -0.25) is 4.90 Å². The van der Waals surface area contributed by atoms with Crippen LogP contribution in [0.2, 0.25) is 0 Å². The summed E-state index contributed by atoms with van der Waals surface area (Å²) in [6.45, 7) is 14.0. The number of carbonyl (C=O) groups is 1. The van der Waals surface area contributed by atoms with Crippen LogP contribution in [0.5, 0.6) is 0 Å². The quantitative estimate of drug-likeness (QED) is 0.481. The molecule has 1 aliphatic rings. The molecule has 2 amide bonds. The summed E-state index contributed by atoms with van der Waals surface area (Å²) in [6.07, 6.45) is 8.78. The molecule has 1 heterocycles. The van der Waals surface area contributed by atoms with Crippen molar-refractivity contribution in [1.82, 2.24) is 20.4 Å². The molecule has 1 aliphatic heterocycles. The molecule has 0 radical (unpaired) electrons. The molecule has 2 N–H and O–H groups in total. The fourth-order valence-electron chi connectivity index (χ4n) is 2.27. The van der Waals surface area contributed by atoms with Gasteiger partial charge in [-0.2, -0.15) is 0 Å². The molecular weight excluding hydrogens is 336 g/mol. The van der Waals surface area contributed by atoms with Crippen LogP contribution in [0.15, 0.2) is 35.7 Å². The second-order valence-electron chi connectivity index (χ2n) is 6.34. The predicted molar refractivity (Wildman–Crippen MR) is 122 cm³/mol. The van der Waals surface area contributed by atoms with Gasteiger partial charge in [-0.25, -0.2) is 4.79 Å². The van der Waals surface area contributed by atoms with Gasteiger partial charge in [-0.15, -0.1) is 0 Å². The van der Waals surface area contributed by atoms with Crippen LogP contribution in [-0.2, 0) is 0 Å². The second kappa shape index (κ2) is 19.2. The number of likely N-dealkylation sites (N-methyl/N-ethyl adjacent to an activating group) is 1. The van der Waals surface area contributed by atoms with Crippen LogP contribution in [0.3, 0.4) is 0 Å². The number of urea groups is 1. The first-order chi connectivity index (χ1) is 12.3. The van der Waals surface area contributed by atoms with Gasteiger partial charge >= 0.3 is 6.03 Å². The normalized spacial score (nSPS) is 13.8. The predicted octanol–water partition coefficient (Wildman–Crippen LogP) is 5.00. The molecule has 0 spiro atoms. The summed E-state index contributed by atoms with van der Waals surface area (Å²) in [7, 11) is 7.51. The molecule has 5 heteroatoms. The number of amides is 2. The van der Waals surface area contributed by atoms with Crippen LogP contribution in [-0.4, -0.2) is 57.1 Å². The average molecular weight is 383 g/mol. The van der Waals surface area contributed by atoms with Gasteiger partial charge in [0, 0.05) is 31.5 Å². The summed E-state index contributed by atoms with van der Waals surface area (Å²) < 4.78 is 0. The summed E-state index contributed by atoms with van der Waals surface area (Å²) in [6, 6.07) is 0.0506. The lowest BCUT2D eigenvalue weighted by Gasteiger charge is -2.36. The summed E-state index contributed by atoms with van der Waals surface area (Å²) in [5, 5.41) is 5.73. The second-order valence-corrected chi connectivity index (χ2v) is 6.34. The molecule has 0 aromatic carbocycles. The number of unbranched alkanes of at least 4 members (excludes halogenated alkanes) is 3. The summed E-state index contributed by atoms with van der Waals surface area (Å²) in [4.78, 5) is 15.6. The van der Waals surface area contributed by atoms with Crippen LogP contribution in [0, 0.1) is 0 Å². The number of carbonyl (C=O) groups excluding carboxylic acids is 1. The highest BCUT2D eigenvalue weighted by atomic mass is 16.2. The number of nitrogens with zero attached hydrogens (tertiary/aromatic N) is 2. The van der Waals surface area contributed by atoms with E-state index in [0.29, 0.717) is 0 Å². The molecule has 0 aromatic heterocycles. The van der Waals surface area contributed by atoms with Gasteiger partial charge in [-0.05, 0) is 53.9 Å². The Hall–Kier alpha value is -1.59. The van der Waals surface area contributed by atoms with Gasteiger partial charge in [0.05, 0.1) is 0 Å². The zero-order chi connectivity index (χ0) is 20.5. The lowest BCUT2D eigenvalue weighted by molar-refractivity contribution is 0.180. The zero-order valence-corrected chi connectivity index (χ0v) is 18.4. The van der Waals surface area contributed by atoms with E-state index >= 15 is 0 Å². The number of rotatable bonds is 7. The number of allylic oxidation sites excluding steroid dienone is 3. The van der Waals surface area contributed by atoms with Crippen LogP contribution in [0.1, 0.15) is 60.8 Å². The van der Waals surface area contributed by atoms with E-state index in [9.17, 15) is 4.79 Å². The Morgan fingerprint density at radius 1 is 1.11 bits per heavy atom. The molecule has 0 fully saturated rings. The lowest BCUT2D eigenvalue weighted by Crippen LogP contribution is -2.44. The number of hydrogen-bond acceptors (Lipinski definition) is 3. The highest BCUT2D eigenvalue weighted by Gasteiger charge is 2.28. The van der Waals surface area contributed by atoms with Gasteiger partial charge < -0.3 is 15.5 Å². The first kappa shape index (κ1) is 30.1. The third-order valence-corrected chi connectivity index (χ3v) is 4.12. The molecule has 0 saturated carbocycles. The highest BCUT2D eigenvalue weighted by Crippen LogP contribution is 2.26. The van der Waals surface area contributed by atoms with Crippen LogP contribution < -0.4 is 10.6 Å². The van der Waals surface area contributed by atoms with E-state index in [2.05, 4.69) is 30.2 Å². The minimum atomic E-state index is 0. The first-order valence-electron chi connectivity index (χ1n) is 9.60. The van der Waals surface area contributed by atoms with E-state index < -0.39 is 0 Å². The maximum Gasteiger partial charge on any atom is 0.328 e. The topological polar surface area (TPSA) is 47.6 Å². The van der Waals surface area contributed by atoms with Crippen molar-refractivity contribution in [3.63, 3.8) is 0 Å². The van der Waals surface area contributed by atoms with Crippen molar-refractivity contribution >= 4 is 6.03 Å².